The molecule has 7 nitrogen and oxygen atoms in total. The first kappa shape index (κ1) is 20.1. The third-order valence-corrected chi connectivity index (χ3v) is 3.70. The predicted molar refractivity (Wildman–Crippen MR) is 103 cm³/mol. The normalized spacial score (nSPS) is 10.0. The lowest BCUT2D eigenvalue weighted by atomic mass is 10.2. The number of benzene rings is 2. The summed E-state index contributed by atoms with van der Waals surface area (Å²) >= 11 is 0. The molecule has 0 aliphatic rings. The van der Waals surface area contributed by atoms with Crippen LogP contribution in [0.2, 0.25) is 0 Å². The summed E-state index contributed by atoms with van der Waals surface area (Å²) in [6.45, 7) is 0.209. The maximum absolute atomic E-state index is 12.0. The van der Waals surface area contributed by atoms with Crippen LogP contribution in [0.5, 0.6) is 11.5 Å². The zero-order valence-corrected chi connectivity index (χ0v) is 15.7. The Labute approximate surface area is 158 Å². The van der Waals surface area contributed by atoms with E-state index in [0.29, 0.717) is 17.1 Å². The van der Waals surface area contributed by atoms with Gasteiger partial charge in [0.15, 0.2) is 18.1 Å². The highest BCUT2D eigenvalue weighted by molar-refractivity contribution is 5.91. The topological polar surface area (TPSA) is 77.1 Å². The molecule has 2 aromatic rings. The molecule has 0 fully saturated rings. The molecule has 0 saturated carbocycles. The molecule has 0 atom stereocenters. The number of carbonyl (C=O) groups excluding carboxylic acids is 2. The van der Waals surface area contributed by atoms with Crippen molar-refractivity contribution in [2.75, 3.05) is 45.9 Å². The minimum Gasteiger partial charge on any atom is -0.493 e. The fourth-order valence-electron chi connectivity index (χ4n) is 2.25. The Bertz CT molecular complexity index is 759. The molecule has 0 heterocycles. The standard InChI is InChI=1S/C20H24N2O5/c1-22(2)16-10-8-15(9-11-16)20(24)27-14-19(23)21-12-13-26-18-7-5-4-6-17(18)25-3/h4-11H,12-14H2,1-3H3,(H,21,23). The van der Waals surface area contributed by atoms with Gasteiger partial charge in [0.1, 0.15) is 6.61 Å². The third kappa shape index (κ3) is 6.22. The first-order chi connectivity index (χ1) is 13.0. The van der Waals surface area contributed by atoms with E-state index in [1.54, 1.807) is 31.4 Å². The van der Waals surface area contributed by atoms with Crippen LogP contribution in [0, 0.1) is 0 Å². The molecule has 1 amide bonds. The van der Waals surface area contributed by atoms with Crippen molar-refractivity contribution < 1.29 is 23.8 Å². The Morgan fingerprint density at radius 2 is 1.67 bits per heavy atom. The van der Waals surface area contributed by atoms with Crippen molar-refractivity contribution in [2.45, 2.75) is 0 Å². The second kappa shape index (κ2) is 10.1. The molecule has 27 heavy (non-hydrogen) atoms. The van der Waals surface area contributed by atoms with Gasteiger partial charge in [0.2, 0.25) is 0 Å². The number of rotatable bonds is 9. The van der Waals surface area contributed by atoms with E-state index in [1.165, 1.54) is 0 Å². The van der Waals surface area contributed by atoms with Gasteiger partial charge in [-0.25, -0.2) is 4.79 Å². The number of esters is 1. The highest BCUT2D eigenvalue weighted by Gasteiger charge is 2.10. The average molecular weight is 372 g/mol. The molecule has 0 unspecified atom stereocenters. The number of amides is 1. The fraction of sp³-hybridized carbons (Fsp3) is 0.300. The van der Waals surface area contributed by atoms with Crippen LogP contribution in [0.15, 0.2) is 48.5 Å². The number of anilines is 1. The summed E-state index contributed by atoms with van der Waals surface area (Å²) in [4.78, 5) is 25.7. The van der Waals surface area contributed by atoms with Gasteiger partial charge in [0, 0.05) is 19.8 Å². The van der Waals surface area contributed by atoms with Crippen LogP contribution in [-0.4, -0.2) is 52.8 Å². The van der Waals surface area contributed by atoms with Gasteiger partial charge in [-0.3, -0.25) is 4.79 Å². The van der Waals surface area contributed by atoms with E-state index in [4.69, 9.17) is 14.2 Å². The molecule has 0 saturated heterocycles. The quantitative estimate of drug-likeness (QED) is 0.537. The molecule has 2 rings (SSSR count). The molecule has 0 radical (unpaired) electrons. The molecule has 144 valence electrons. The largest absolute Gasteiger partial charge is 0.493 e. The number of nitrogens with zero attached hydrogens (tertiary/aromatic N) is 1. The first-order valence-electron chi connectivity index (χ1n) is 8.48. The first-order valence-corrected chi connectivity index (χ1v) is 8.48. The number of ether oxygens (including phenoxy) is 3. The molecule has 0 spiro atoms. The summed E-state index contributed by atoms with van der Waals surface area (Å²) in [5, 5.41) is 2.63. The van der Waals surface area contributed by atoms with Gasteiger partial charge < -0.3 is 24.4 Å². The highest BCUT2D eigenvalue weighted by Crippen LogP contribution is 2.25. The Hall–Kier alpha value is -3.22. The van der Waals surface area contributed by atoms with Crippen molar-refractivity contribution >= 4 is 17.6 Å². The van der Waals surface area contributed by atoms with Crippen LogP contribution >= 0.6 is 0 Å². The van der Waals surface area contributed by atoms with Crippen molar-refractivity contribution in [1.29, 1.82) is 0 Å². The maximum Gasteiger partial charge on any atom is 0.338 e. The van der Waals surface area contributed by atoms with Crippen LogP contribution in [-0.2, 0) is 9.53 Å². The Kier molecular flexibility index (Phi) is 7.49. The number of para-hydroxylation sites is 2. The number of carbonyl (C=O) groups is 2. The van der Waals surface area contributed by atoms with Gasteiger partial charge in [-0.05, 0) is 36.4 Å². The second-order valence-corrected chi connectivity index (χ2v) is 5.87. The molecule has 0 aliphatic carbocycles. The minimum atomic E-state index is -0.541. The van der Waals surface area contributed by atoms with Crippen LogP contribution in [0.25, 0.3) is 0 Å². The van der Waals surface area contributed by atoms with E-state index in [2.05, 4.69) is 5.32 Å². The molecule has 0 bridgehead atoms. The van der Waals surface area contributed by atoms with E-state index in [1.807, 2.05) is 43.3 Å². The van der Waals surface area contributed by atoms with Gasteiger partial charge in [0.25, 0.3) is 5.91 Å². The highest BCUT2D eigenvalue weighted by atomic mass is 16.5. The number of methoxy groups -OCH3 is 1. The molecular weight excluding hydrogens is 348 g/mol. The number of hydrogen-bond donors (Lipinski definition) is 1. The van der Waals surface area contributed by atoms with Crippen molar-refractivity contribution in [3.8, 4) is 11.5 Å². The summed E-state index contributed by atoms with van der Waals surface area (Å²) in [6.07, 6.45) is 0. The Morgan fingerprint density at radius 1 is 1.00 bits per heavy atom. The fourth-order valence-corrected chi connectivity index (χ4v) is 2.25. The summed E-state index contributed by atoms with van der Waals surface area (Å²) in [6, 6.07) is 14.2. The molecule has 0 aliphatic heterocycles. The van der Waals surface area contributed by atoms with Crippen LogP contribution in [0.1, 0.15) is 10.4 Å². The molecule has 0 aromatic heterocycles. The third-order valence-electron chi connectivity index (χ3n) is 3.70. The van der Waals surface area contributed by atoms with Crippen molar-refractivity contribution in [3.05, 3.63) is 54.1 Å². The van der Waals surface area contributed by atoms with E-state index >= 15 is 0 Å². The zero-order valence-electron chi connectivity index (χ0n) is 15.7. The average Bonchev–Trinajstić information content (AvgIpc) is 2.69. The number of hydrogen-bond acceptors (Lipinski definition) is 6. The number of nitrogens with one attached hydrogen (secondary N) is 1. The Balaban J connectivity index is 1.69. The van der Waals surface area contributed by atoms with Gasteiger partial charge in [-0.1, -0.05) is 12.1 Å². The molecule has 2 aromatic carbocycles. The molecular formula is C20H24N2O5. The van der Waals surface area contributed by atoms with E-state index in [0.717, 1.165) is 5.69 Å². The van der Waals surface area contributed by atoms with Crippen molar-refractivity contribution in [1.82, 2.24) is 5.32 Å². The predicted octanol–water partition coefficient (Wildman–Crippen LogP) is 2.11. The lowest BCUT2D eigenvalue weighted by Crippen LogP contribution is -2.32. The molecule has 7 heteroatoms. The van der Waals surface area contributed by atoms with E-state index in [9.17, 15) is 9.59 Å². The minimum absolute atomic E-state index is 0.270. The maximum atomic E-state index is 12.0. The Morgan fingerprint density at radius 3 is 2.30 bits per heavy atom. The van der Waals surface area contributed by atoms with Gasteiger partial charge in [-0.15, -0.1) is 0 Å². The smallest absolute Gasteiger partial charge is 0.338 e. The summed E-state index contributed by atoms with van der Waals surface area (Å²) in [7, 11) is 5.39. The zero-order chi connectivity index (χ0) is 19.6. The van der Waals surface area contributed by atoms with Gasteiger partial charge in [-0.2, -0.15) is 0 Å². The lowest BCUT2D eigenvalue weighted by molar-refractivity contribution is -0.124. The van der Waals surface area contributed by atoms with E-state index < -0.39 is 11.9 Å². The SMILES string of the molecule is COc1ccccc1OCCNC(=O)COC(=O)c1ccc(N(C)C)cc1. The summed E-state index contributed by atoms with van der Waals surface area (Å²) < 4.78 is 15.7. The van der Waals surface area contributed by atoms with Gasteiger partial charge >= 0.3 is 5.97 Å². The second-order valence-electron chi connectivity index (χ2n) is 5.87. The van der Waals surface area contributed by atoms with Crippen LogP contribution in [0.3, 0.4) is 0 Å². The van der Waals surface area contributed by atoms with E-state index in [-0.39, 0.29) is 19.8 Å². The monoisotopic (exact) mass is 372 g/mol. The summed E-state index contributed by atoms with van der Waals surface area (Å²) in [5.74, 6) is 0.289. The van der Waals surface area contributed by atoms with Crippen molar-refractivity contribution in [3.63, 3.8) is 0 Å². The summed E-state index contributed by atoms with van der Waals surface area (Å²) in [5.41, 5.74) is 1.37. The van der Waals surface area contributed by atoms with Crippen molar-refractivity contribution in [2.24, 2.45) is 0 Å². The lowest BCUT2D eigenvalue weighted by Gasteiger charge is -2.12. The van der Waals surface area contributed by atoms with Crippen LogP contribution in [0.4, 0.5) is 5.69 Å². The molecule has 1 N–H and O–H groups in total. The van der Waals surface area contributed by atoms with Crippen LogP contribution < -0.4 is 19.7 Å². The van der Waals surface area contributed by atoms with Gasteiger partial charge in [0.05, 0.1) is 19.2 Å².